The summed E-state index contributed by atoms with van der Waals surface area (Å²) >= 11 is 0. The second kappa shape index (κ2) is 10.4. The minimum absolute atomic E-state index is 0.336. The van der Waals surface area contributed by atoms with Crippen LogP contribution in [0.25, 0.3) is 0 Å². The molecule has 0 aromatic heterocycles. The van der Waals surface area contributed by atoms with Gasteiger partial charge in [-0.3, -0.25) is 0 Å². The molecule has 1 rings (SSSR count). The van der Waals surface area contributed by atoms with Crippen molar-refractivity contribution in [2.45, 2.75) is 73.6 Å². The van der Waals surface area contributed by atoms with Crippen LogP contribution in [0, 0.1) is 6.92 Å². The summed E-state index contributed by atoms with van der Waals surface area (Å²) in [4.78, 5) is 0. The third-order valence-electron chi connectivity index (χ3n) is 2.71. The van der Waals surface area contributed by atoms with Crippen molar-refractivity contribution >= 4 is 0 Å². The van der Waals surface area contributed by atoms with Gasteiger partial charge in [-0.2, -0.15) is 0 Å². The van der Waals surface area contributed by atoms with Crippen molar-refractivity contribution in [3.63, 3.8) is 0 Å². The fourth-order valence-electron chi connectivity index (χ4n) is 1.77. The molecule has 0 fully saturated rings. The number of benzene rings is 1. The van der Waals surface area contributed by atoms with Gasteiger partial charge in [0.1, 0.15) is 0 Å². The predicted molar refractivity (Wildman–Crippen MR) is 81.8 cm³/mol. The molecule has 1 aromatic rings. The smallest absolute Gasteiger partial charge is 0.0104 e. The molecule has 0 N–H and O–H groups in total. The van der Waals surface area contributed by atoms with Crippen LogP contribution < -0.4 is 0 Å². The highest BCUT2D eigenvalue weighted by atomic mass is 14.2. The summed E-state index contributed by atoms with van der Waals surface area (Å²) in [6, 6.07) is 8.91. The first-order valence-corrected chi connectivity index (χ1v) is 7.13. The van der Waals surface area contributed by atoms with Gasteiger partial charge in [-0.05, 0) is 24.3 Å². The monoisotopic (exact) mass is 236 g/mol. The standard InChI is InChI=1S/C13H20.2C2H6/c1-5-10-13(3,4)12-8-6-11(2)7-9-12;2*1-2/h6-9H,5,10H2,1-4H3;2*1-2H3. The first-order chi connectivity index (χ1) is 8.06. The maximum Gasteiger partial charge on any atom is -0.0104 e. The summed E-state index contributed by atoms with van der Waals surface area (Å²) in [5, 5.41) is 0. The highest BCUT2D eigenvalue weighted by Crippen LogP contribution is 2.28. The van der Waals surface area contributed by atoms with Crippen LogP contribution in [-0.4, -0.2) is 0 Å². The van der Waals surface area contributed by atoms with Gasteiger partial charge in [-0.1, -0.05) is 84.7 Å². The zero-order valence-corrected chi connectivity index (χ0v) is 13.2. The molecule has 0 aliphatic heterocycles. The largest absolute Gasteiger partial charge is 0.0683 e. The summed E-state index contributed by atoms with van der Waals surface area (Å²) in [6.07, 6.45) is 2.51. The molecule has 0 heterocycles. The summed E-state index contributed by atoms with van der Waals surface area (Å²) in [5.74, 6) is 0. The summed E-state index contributed by atoms with van der Waals surface area (Å²) < 4.78 is 0. The van der Waals surface area contributed by atoms with E-state index in [4.69, 9.17) is 0 Å². The van der Waals surface area contributed by atoms with E-state index >= 15 is 0 Å². The van der Waals surface area contributed by atoms with E-state index in [1.807, 2.05) is 27.7 Å². The lowest BCUT2D eigenvalue weighted by molar-refractivity contribution is 0.473. The van der Waals surface area contributed by atoms with E-state index in [9.17, 15) is 0 Å². The molecule has 0 saturated carbocycles. The highest BCUT2D eigenvalue weighted by molar-refractivity contribution is 5.27. The average molecular weight is 236 g/mol. The van der Waals surface area contributed by atoms with Gasteiger partial charge in [-0.15, -0.1) is 0 Å². The minimum Gasteiger partial charge on any atom is -0.0683 e. The third-order valence-corrected chi connectivity index (χ3v) is 2.71. The SMILES string of the molecule is CC.CC.CCCC(C)(C)c1ccc(C)cc1. The fraction of sp³-hybridized carbons (Fsp3) is 0.647. The van der Waals surface area contributed by atoms with E-state index in [2.05, 4.69) is 52.0 Å². The summed E-state index contributed by atoms with van der Waals surface area (Å²) in [5.41, 5.74) is 3.14. The van der Waals surface area contributed by atoms with Crippen LogP contribution in [0.2, 0.25) is 0 Å². The zero-order valence-electron chi connectivity index (χ0n) is 13.2. The van der Waals surface area contributed by atoms with Crippen LogP contribution in [-0.2, 0) is 5.41 Å². The number of hydrogen-bond donors (Lipinski definition) is 0. The zero-order chi connectivity index (χ0) is 13.9. The van der Waals surface area contributed by atoms with Gasteiger partial charge in [0.05, 0.1) is 0 Å². The first-order valence-electron chi connectivity index (χ1n) is 7.13. The van der Waals surface area contributed by atoms with Crippen molar-refractivity contribution in [3.05, 3.63) is 35.4 Å². The Morgan fingerprint density at radius 2 is 1.29 bits per heavy atom. The van der Waals surface area contributed by atoms with Crippen LogP contribution in [0.3, 0.4) is 0 Å². The van der Waals surface area contributed by atoms with Crippen molar-refractivity contribution in [1.82, 2.24) is 0 Å². The van der Waals surface area contributed by atoms with Crippen LogP contribution in [0.4, 0.5) is 0 Å². The Hall–Kier alpha value is -0.780. The molecule has 100 valence electrons. The Kier molecular flexibility index (Phi) is 11.3. The highest BCUT2D eigenvalue weighted by Gasteiger charge is 2.18. The lowest BCUT2D eigenvalue weighted by Crippen LogP contribution is -2.16. The third kappa shape index (κ3) is 7.20. The fourth-order valence-corrected chi connectivity index (χ4v) is 1.77. The minimum atomic E-state index is 0.336. The van der Waals surface area contributed by atoms with Gasteiger partial charge < -0.3 is 0 Å². The van der Waals surface area contributed by atoms with Crippen molar-refractivity contribution in [3.8, 4) is 0 Å². The molecular formula is C17H32. The van der Waals surface area contributed by atoms with E-state index in [0.29, 0.717) is 5.41 Å². The number of aryl methyl sites for hydroxylation is 1. The number of hydrogen-bond acceptors (Lipinski definition) is 0. The normalized spacial score (nSPS) is 9.65. The Morgan fingerprint density at radius 3 is 1.65 bits per heavy atom. The summed E-state index contributed by atoms with van der Waals surface area (Å²) in [7, 11) is 0. The topological polar surface area (TPSA) is 0 Å². The van der Waals surface area contributed by atoms with Crippen molar-refractivity contribution < 1.29 is 0 Å². The maximum absolute atomic E-state index is 2.32. The van der Waals surface area contributed by atoms with E-state index in [0.717, 1.165) is 0 Å². The summed E-state index contributed by atoms with van der Waals surface area (Å²) in [6.45, 7) is 17.0. The first kappa shape index (κ1) is 18.6. The average Bonchev–Trinajstić information content (AvgIpc) is 2.35. The van der Waals surface area contributed by atoms with Crippen LogP contribution >= 0.6 is 0 Å². The Morgan fingerprint density at radius 1 is 0.882 bits per heavy atom. The van der Waals surface area contributed by atoms with E-state index in [-0.39, 0.29) is 0 Å². The Labute approximate surface area is 109 Å². The van der Waals surface area contributed by atoms with Crippen LogP contribution in [0.15, 0.2) is 24.3 Å². The second-order valence-corrected chi connectivity index (χ2v) is 4.50. The lowest BCUT2D eigenvalue weighted by atomic mass is 9.80. The second-order valence-electron chi connectivity index (χ2n) is 4.50. The molecule has 0 aliphatic rings. The molecule has 0 nitrogen and oxygen atoms in total. The van der Waals surface area contributed by atoms with E-state index in [1.54, 1.807) is 0 Å². The van der Waals surface area contributed by atoms with Crippen LogP contribution in [0.5, 0.6) is 0 Å². The van der Waals surface area contributed by atoms with Crippen molar-refractivity contribution in [2.24, 2.45) is 0 Å². The van der Waals surface area contributed by atoms with Crippen molar-refractivity contribution in [2.75, 3.05) is 0 Å². The van der Waals surface area contributed by atoms with Gasteiger partial charge in [0, 0.05) is 0 Å². The molecule has 0 amide bonds. The predicted octanol–water partition coefficient (Wildman–Crippen LogP) is 6.13. The molecule has 17 heavy (non-hydrogen) atoms. The Bertz CT molecular complexity index is 254. The molecule has 0 radical (unpaired) electrons. The lowest BCUT2D eigenvalue weighted by Gasteiger charge is -2.24. The molecule has 0 heteroatoms. The van der Waals surface area contributed by atoms with Gasteiger partial charge in [0.2, 0.25) is 0 Å². The van der Waals surface area contributed by atoms with Crippen LogP contribution in [0.1, 0.15) is 72.4 Å². The van der Waals surface area contributed by atoms with Gasteiger partial charge in [-0.25, -0.2) is 0 Å². The molecule has 0 atom stereocenters. The molecule has 0 bridgehead atoms. The van der Waals surface area contributed by atoms with Crippen molar-refractivity contribution in [1.29, 1.82) is 0 Å². The Balaban J connectivity index is 0. The molecule has 0 unspecified atom stereocenters. The van der Waals surface area contributed by atoms with Gasteiger partial charge in [0.25, 0.3) is 0 Å². The molecule has 0 aliphatic carbocycles. The quantitative estimate of drug-likeness (QED) is 0.592. The molecule has 0 spiro atoms. The molecular weight excluding hydrogens is 204 g/mol. The number of rotatable bonds is 3. The van der Waals surface area contributed by atoms with E-state index < -0.39 is 0 Å². The maximum atomic E-state index is 2.32. The van der Waals surface area contributed by atoms with Gasteiger partial charge >= 0.3 is 0 Å². The molecule has 0 saturated heterocycles. The van der Waals surface area contributed by atoms with E-state index in [1.165, 1.54) is 24.0 Å². The van der Waals surface area contributed by atoms with Gasteiger partial charge in [0.15, 0.2) is 0 Å². The molecule has 1 aromatic carbocycles.